The Kier molecular flexibility index (Phi) is 8.56. The minimum absolute atomic E-state index is 0.100. The summed E-state index contributed by atoms with van der Waals surface area (Å²) in [5.74, 6) is 1.86. The largest absolute Gasteiger partial charge is 0.508 e. The van der Waals surface area contributed by atoms with Crippen molar-refractivity contribution in [2.45, 2.75) is 79.2 Å². The van der Waals surface area contributed by atoms with E-state index in [1.54, 1.807) is 12.1 Å². The van der Waals surface area contributed by atoms with Gasteiger partial charge in [-0.3, -0.25) is 4.79 Å². The number of phenolic OH excluding ortho intramolecular Hbond substituents is 1. The second kappa shape index (κ2) is 10.9. The Balaban J connectivity index is 0.00000145. The lowest BCUT2D eigenvalue weighted by Crippen LogP contribution is -2.37. The summed E-state index contributed by atoms with van der Waals surface area (Å²) < 4.78 is 6.05. The number of hydrogen-bond acceptors (Lipinski definition) is 3. The molecule has 0 aliphatic heterocycles. The van der Waals surface area contributed by atoms with Crippen molar-refractivity contribution in [2.24, 2.45) is 0 Å². The highest BCUT2D eigenvalue weighted by atomic mass is 16.5. The van der Waals surface area contributed by atoms with Crippen molar-refractivity contribution < 1.29 is 14.6 Å². The molecule has 0 spiro atoms. The standard InChI is InChI=1S/C23H29NO3.C2H6/c1-15-13-20(9-10-21(15)25)27-23-16(2)11-18(12-17(23)3)14-22(26)24-19-7-5-4-6-8-19;1-2/h9-13,19,25H,4-8,14H2,1-3H3,(H,24,26);1-2H3. The molecule has 1 fully saturated rings. The molecule has 1 saturated carbocycles. The van der Waals surface area contributed by atoms with Crippen molar-refractivity contribution in [2.75, 3.05) is 0 Å². The van der Waals surface area contributed by atoms with E-state index in [4.69, 9.17) is 4.74 Å². The Morgan fingerprint density at radius 2 is 1.62 bits per heavy atom. The van der Waals surface area contributed by atoms with Gasteiger partial charge in [0.05, 0.1) is 6.42 Å². The number of carbonyl (C=O) groups is 1. The van der Waals surface area contributed by atoms with E-state index in [1.807, 2.05) is 52.8 Å². The highest BCUT2D eigenvalue weighted by Gasteiger charge is 2.17. The minimum Gasteiger partial charge on any atom is -0.508 e. The summed E-state index contributed by atoms with van der Waals surface area (Å²) in [4.78, 5) is 12.4. The molecule has 0 unspecified atom stereocenters. The number of aromatic hydroxyl groups is 1. The molecule has 0 aromatic heterocycles. The fraction of sp³-hybridized carbons (Fsp3) is 0.480. The first-order valence-corrected chi connectivity index (χ1v) is 10.8. The van der Waals surface area contributed by atoms with Crippen molar-refractivity contribution >= 4 is 5.91 Å². The van der Waals surface area contributed by atoms with Crippen LogP contribution in [0.5, 0.6) is 17.2 Å². The Morgan fingerprint density at radius 1 is 1.00 bits per heavy atom. The molecule has 0 atom stereocenters. The van der Waals surface area contributed by atoms with Crippen LogP contribution in [0.3, 0.4) is 0 Å². The topological polar surface area (TPSA) is 58.6 Å². The van der Waals surface area contributed by atoms with Crippen LogP contribution in [0, 0.1) is 20.8 Å². The van der Waals surface area contributed by atoms with Gasteiger partial charge in [0.25, 0.3) is 0 Å². The summed E-state index contributed by atoms with van der Waals surface area (Å²) in [6.45, 7) is 9.84. The molecule has 3 rings (SSSR count). The average Bonchev–Trinajstić information content (AvgIpc) is 2.70. The molecular weight excluding hydrogens is 362 g/mol. The van der Waals surface area contributed by atoms with Crippen LogP contribution in [0.2, 0.25) is 0 Å². The first kappa shape index (κ1) is 22.8. The predicted molar refractivity (Wildman–Crippen MR) is 119 cm³/mol. The van der Waals surface area contributed by atoms with Crippen molar-refractivity contribution in [1.82, 2.24) is 5.32 Å². The van der Waals surface area contributed by atoms with Crippen LogP contribution in [-0.4, -0.2) is 17.1 Å². The quantitative estimate of drug-likeness (QED) is 0.638. The van der Waals surface area contributed by atoms with Gasteiger partial charge in [0, 0.05) is 6.04 Å². The zero-order chi connectivity index (χ0) is 21.4. The molecule has 1 amide bonds. The van der Waals surface area contributed by atoms with Gasteiger partial charge in [-0.25, -0.2) is 0 Å². The zero-order valence-corrected chi connectivity index (χ0v) is 18.5. The molecule has 2 aromatic rings. The Bertz CT molecular complexity index is 800. The third-order valence-electron chi connectivity index (χ3n) is 5.24. The molecular formula is C25H35NO3. The van der Waals surface area contributed by atoms with E-state index in [1.165, 1.54) is 19.3 Å². The summed E-state index contributed by atoms with van der Waals surface area (Å²) in [5.41, 5.74) is 3.79. The Morgan fingerprint density at radius 3 is 2.21 bits per heavy atom. The van der Waals surface area contributed by atoms with Crippen molar-refractivity contribution in [3.05, 3.63) is 52.6 Å². The first-order valence-electron chi connectivity index (χ1n) is 10.8. The first-order chi connectivity index (χ1) is 13.9. The van der Waals surface area contributed by atoms with Crippen LogP contribution in [0.15, 0.2) is 30.3 Å². The minimum atomic E-state index is 0.100. The summed E-state index contributed by atoms with van der Waals surface area (Å²) in [5, 5.41) is 12.8. The zero-order valence-electron chi connectivity index (χ0n) is 18.5. The molecule has 0 saturated heterocycles. The second-order valence-electron chi connectivity index (χ2n) is 7.69. The van der Waals surface area contributed by atoms with E-state index in [-0.39, 0.29) is 11.7 Å². The Hall–Kier alpha value is -2.49. The Labute approximate surface area is 175 Å². The molecule has 4 heteroatoms. The van der Waals surface area contributed by atoms with Crippen LogP contribution >= 0.6 is 0 Å². The molecule has 29 heavy (non-hydrogen) atoms. The number of carbonyl (C=O) groups excluding carboxylic acids is 1. The molecule has 2 N–H and O–H groups in total. The lowest BCUT2D eigenvalue weighted by molar-refractivity contribution is -0.121. The van der Waals surface area contributed by atoms with Gasteiger partial charge < -0.3 is 15.2 Å². The number of ether oxygens (including phenoxy) is 1. The van der Waals surface area contributed by atoms with Gasteiger partial charge in [-0.05, 0) is 74.1 Å². The molecule has 0 heterocycles. The molecule has 2 aromatic carbocycles. The third-order valence-corrected chi connectivity index (χ3v) is 5.24. The van der Waals surface area contributed by atoms with Crippen LogP contribution < -0.4 is 10.1 Å². The summed E-state index contributed by atoms with van der Waals surface area (Å²) >= 11 is 0. The van der Waals surface area contributed by atoms with Gasteiger partial charge in [-0.15, -0.1) is 0 Å². The van der Waals surface area contributed by atoms with E-state index in [9.17, 15) is 9.90 Å². The highest BCUT2D eigenvalue weighted by molar-refractivity contribution is 5.79. The summed E-state index contributed by atoms with van der Waals surface area (Å²) in [7, 11) is 0. The number of nitrogens with one attached hydrogen (secondary N) is 1. The molecule has 1 aliphatic carbocycles. The monoisotopic (exact) mass is 397 g/mol. The van der Waals surface area contributed by atoms with E-state index >= 15 is 0 Å². The van der Waals surface area contributed by atoms with Crippen molar-refractivity contribution in [3.8, 4) is 17.2 Å². The van der Waals surface area contributed by atoms with Gasteiger partial charge in [-0.2, -0.15) is 0 Å². The predicted octanol–water partition coefficient (Wildman–Crippen LogP) is 6.13. The van der Waals surface area contributed by atoms with Gasteiger partial charge in [-0.1, -0.05) is 45.2 Å². The highest BCUT2D eigenvalue weighted by Crippen LogP contribution is 2.32. The van der Waals surface area contributed by atoms with Crippen LogP contribution in [-0.2, 0) is 11.2 Å². The number of aryl methyl sites for hydroxylation is 3. The molecule has 1 aliphatic rings. The molecule has 0 radical (unpaired) electrons. The number of rotatable bonds is 5. The normalized spacial score (nSPS) is 14.0. The van der Waals surface area contributed by atoms with E-state index < -0.39 is 0 Å². The third kappa shape index (κ3) is 6.52. The number of amides is 1. The van der Waals surface area contributed by atoms with Gasteiger partial charge >= 0.3 is 0 Å². The summed E-state index contributed by atoms with van der Waals surface area (Å²) in [6.07, 6.45) is 6.31. The fourth-order valence-electron chi connectivity index (χ4n) is 3.82. The second-order valence-corrected chi connectivity index (χ2v) is 7.69. The fourth-order valence-corrected chi connectivity index (χ4v) is 3.82. The van der Waals surface area contributed by atoms with E-state index in [2.05, 4.69) is 5.32 Å². The maximum atomic E-state index is 12.4. The van der Waals surface area contributed by atoms with Gasteiger partial charge in [0.2, 0.25) is 5.91 Å². The van der Waals surface area contributed by atoms with E-state index in [0.29, 0.717) is 18.2 Å². The SMILES string of the molecule is CC.Cc1cc(Oc2c(C)cc(CC(=O)NC3CCCCC3)cc2C)ccc1O. The summed E-state index contributed by atoms with van der Waals surface area (Å²) in [6, 6.07) is 9.60. The maximum absolute atomic E-state index is 12.4. The van der Waals surface area contributed by atoms with Crippen molar-refractivity contribution in [1.29, 1.82) is 0 Å². The molecule has 158 valence electrons. The average molecular weight is 398 g/mol. The van der Waals surface area contributed by atoms with Gasteiger partial charge in [0.1, 0.15) is 17.2 Å². The van der Waals surface area contributed by atoms with Crippen LogP contribution in [0.4, 0.5) is 0 Å². The van der Waals surface area contributed by atoms with E-state index in [0.717, 1.165) is 40.8 Å². The lowest BCUT2D eigenvalue weighted by atomic mass is 9.95. The van der Waals surface area contributed by atoms with Crippen LogP contribution in [0.1, 0.15) is 68.2 Å². The number of phenols is 1. The number of benzene rings is 2. The lowest BCUT2D eigenvalue weighted by Gasteiger charge is -2.23. The maximum Gasteiger partial charge on any atom is 0.224 e. The number of hydrogen-bond donors (Lipinski definition) is 2. The molecule has 4 nitrogen and oxygen atoms in total. The van der Waals surface area contributed by atoms with Crippen LogP contribution in [0.25, 0.3) is 0 Å². The molecule has 0 bridgehead atoms. The van der Waals surface area contributed by atoms with Crippen molar-refractivity contribution in [3.63, 3.8) is 0 Å². The smallest absolute Gasteiger partial charge is 0.224 e. The van der Waals surface area contributed by atoms with Gasteiger partial charge in [0.15, 0.2) is 0 Å².